The summed E-state index contributed by atoms with van der Waals surface area (Å²) in [4.78, 5) is 11.2. The van der Waals surface area contributed by atoms with Crippen LogP contribution in [0.15, 0.2) is 69.9 Å². The van der Waals surface area contributed by atoms with E-state index in [0.29, 0.717) is 24.4 Å². The molecule has 1 N–H and O–H groups in total. The number of fused-ring (bicyclic) bond motifs is 1. The number of ether oxygens (including phenoxy) is 1. The minimum atomic E-state index is -0.556. The highest BCUT2D eigenvalue weighted by Gasteiger charge is 2.07. The highest BCUT2D eigenvalue weighted by Crippen LogP contribution is 2.21. The standard InChI is InChI=1S/C18H16O4/c19-16(13-4-2-1-3-5-13)10-11-21-15-8-6-14-7-9-18(20)22-17(14)12-15/h1-9,12,16,19H,10-11H2/t16-/m0/s1. The number of benzene rings is 2. The summed E-state index contributed by atoms with van der Waals surface area (Å²) in [6.07, 6.45) is -0.0690. The molecule has 1 heterocycles. The lowest BCUT2D eigenvalue weighted by Gasteiger charge is -2.12. The van der Waals surface area contributed by atoms with Crippen molar-refractivity contribution in [2.24, 2.45) is 0 Å². The van der Waals surface area contributed by atoms with Gasteiger partial charge in [-0.2, -0.15) is 0 Å². The summed E-state index contributed by atoms with van der Waals surface area (Å²) in [6, 6.07) is 17.9. The summed E-state index contributed by atoms with van der Waals surface area (Å²) in [7, 11) is 0. The third-order valence-corrected chi connectivity index (χ3v) is 3.44. The number of hydrogen-bond acceptors (Lipinski definition) is 4. The molecular weight excluding hydrogens is 280 g/mol. The summed E-state index contributed by atoms with van der Waals surface area (Å²) < 4.78 is 10.7. The van der Waals surface area contributed by atoms with E-state index in [9.17, 15) is 9.90 Å². The molecule has 4 nitrogen and oxygen atoms in total. The molecule has 4 heteroatoms. The maximum absolute atomic E-state index is 11.2. The fourth-order valence-electron chi connectivity index (χ4n) is 2.26. The smallest absolute Gasteiger partial charge is 0.336 e. The molecule has 1 atom stereocenters. The van der Waals surface area contributed by atoms with Gasteiger partial charge in [0, 0.05) is 23.9 Å². The predicted octanol–water partition coefficient (Wildman–Crippen LogP) is 3.30. The maximum Gasteiger partial charge on any atom is 0.336 e. The molecule has 0 unspecified atom stereocenters. The van der Waals surface area contributed by atoms with Gasteiger partial charge in [0.15, 0.2) is 0 Å². The molecule has 0 amide bonds. The third-order valence-electron chi connectivity index (χ3n) is 3.44. The van der Waals surface area contributed by atoms with Gasteiger partial charge in [-0.05, 0) is 23.8 Å². The van der Waals surface area contributed by atoms with Crippen LogP contribution in [0.4, 0.5) is 0 Å². The van der Waals surface area contributed by atoms with Gasteiger partial charge in [0.2, 0.25) is 0 Å². The molecule has 112 valence electrons. The van der Waals surface area contributed by atoms with E-state index >= 15 is 0 Å². The number of rotatable bonds is 5. The van der Waals surface area contributed by atoms with E-state index in [1.807, 2.05) is 42.5 Å². The van der Waals surface area contributed by atoms with Crippen LogP contribution in [0.1, 0.15) is 18.1 Å². The molecule has 3 aromatic rings. The van der Waals surface area contributed by atoms with Gasteiger partial charge >= 0.3 is 5.63 Å². The molecule has 2 aromatic carbocycles. The van der Waals surface area contributed by atoms with Crippen molar-refractivity contribution in [2.45, 2.75) is 12.5 Å². The number of aliphatic hydroxyl groups excluding tert-OH is 1. The van der Waals surface area contributed by atoms with E-state index in [1.54, 1.807) is 12.1 Å². The van der Waals surface area contributed by atoms with Gasteiger partial charge < -0.3 is 14.3 Å². The van der Waals surface area contributed by atoms with E-state index in [0.717, 1.165) is 10.9 Å². The summed E-state index contributed by atoms with van der Waals surface area (Å²) >= 11 is 0. The maximum atomic E-state index is 11.2. The van der Waals surface area contributed by atoms with Crippen LogP contribution in [0.2, 0.25) is 0 Å². The van der Waals surface area contributed by atoms with Gasteiger partial charge in [-0.3, -0.25) is 0 Å². The molecule has 3 rings (SSSR count). The second-order valence-electron chi connectivity index (χ2n) is 5.02. The van der Waals surface area contributed by atoms with E-state index in [1.165, 1.54) is 6.07 Å². The number of hydrogen-bond donors (Lipinski definition) is 1. The van der Waals surface area contributed by atoms with Crippen molar-refractivity contribution in [2.75, 3.05) is 6.61 Å². The Balaban J connectivity index is 1.63. The molecule has 0 spiro atoms. The van der Waals surface area contributed by atoms with Gasteiger partial charge in [0.25, 0.3) is 0 Å². The van der Waals surface area contributed by atoms with Crippen molar-refractivity contribution in [3.8, 4) is 5.75 Å². The fourth-order valence-corrected chi connectivity index (χ4v) is 2.26. The SMILES string of the molecule is O=c1ccc2ccc(OCC[C@H](O)c3ccccc3)cc2o1. The highest BCUT2D eigenvalue weighted by molar-refractivity contribution is 5.77. The Morgan fingerprint density at radius 3 is 2.64 bits per heavy atom. The second-order valence-corrected chi connectivity index (χ2v) is 5.02. The van der Waals surface area contributed by atoms with Crippen molar-refractivity contribution < 1.29 is 14.3 Å². The lowest BCUT2D eigenvalue weighted by molar-refractivity contribution is 0.141. The molecular formula is C18H16O4. The Hall–Kier alpha value is -2.59. The lowest BCUT2D eigenvalue weighted by atomic mass is 10.1. The molecule has 0 fully saturated rings. The van der Waals surface area contributed by atoms with Crippen molar-refractivity contribution in [1.82, 2.24) is 0 Å². The summed E-state index contributed by atoms with van der Waals surface area (Å²) in [6.45, 7) is 0.374. The van der Waals surface area contributed by atoms with Crippen LogP contribution in [0, 0.1) is 0 Å². The van der Waals surface area contributed by atoms with E-state index in [-0.39, 0.29) is 5.63 Å². The Morgan fingerprint density at radius 1 is 1.05 bits per heavy atom. The number of aliphatic hydroxyl groups is 1. The fraction of sp³-hybridized carbons (Fsp3) is 0.167. The van der Waals surface area contributed by atoms with Crippen LogP contribution in [-0.4, -0.2) is 11.7 Å². The average molecular weight is 296 g/mol. The highest BCUT2D eigenvalue weighted by atomic mass is 16.5. The third kappa shape index (κ3) is 3.35. The zero-order valence-corrected chi connectivity index (χ0v) is 11.9. The first kappa shape index (κ1) is 14.4. The molecule has 0 aliphatic heterocycles. The van der Waals surface area contributed by atoms with E-state index < -0.39 is 6.10 Å². The van der Waals surface area contributed by atoms with Gasteiger partial charge in [0.05, 0.1) is 12.7 Å². The van der Waals surface area contributed by atoms with Crippen molar-refractivity contribution in [3.63, 3.8) is 0 Å². The van der Waals surface area contributed by atoms with Crippen LogP contribution in [0.25, 0.3) is 11.0 Å². The van der Waals surface area contributed by atoms with Crippen LogP contribution >= 0.6 is 0 Å². The Bertz CT molecular complexity index is 808. The van der Waals surface area contributed by atoms with Gasteiger partial charge in [-0.15, -0.1) is 0 Å². The monoisotopic (exact) mass is 296 g/mol. The molecule has 0 saturated carbocycles. The molecule has 22 heavy (non-hydrogen) atoms. The normalized spacial score (nSPS) is 12.2. The van der Waals surface area contributed by atoms with Crippen LogP contribution in [0.5, 0.6) is 5.75 Å². The van der Waals surface area contributed by atoms with Gasteiger partial charge in [-0.1, -0.05) is 30.3 Å². The van der Waals surface area contributed by atoms with Gasteiger partial charge in [-0.25, -0.2) is 4.79 Å². The quantitative estimate of drug-likeness (QED) is 0.734. The Kier molecular flexibility index (Phi) is 4.21. The van der Waals surface area contributed by atoms with Crippen molar-refractivity contribution in [3.05, 3.63) is 76.6 Å². The topological polar surface area (TPSA) is 59.7 Å². The molecule has 1 aromatic heterocycles. The summed E-state index contributed by atoms with van der Waals surface area (Å²) in [5.41, 5.74) is 0.980. The van der Waals surface area contributed by atoms with E-state index in [2.05, 4.69) is 0 Å². The van der Waals surface area contributed by atoms with Crippen LogP contribution in [0.3, 0.4) is 0 Å². The molecule has 0 saturated heterocycles. The zero-order chi connectivity index (χ0) is 15.4. The Labute approximate surface area is 127 Å². The summed E-state index contributed by atoms with van der Waals surface area (Å²) in [5.74, 6) is 0.613. The first-order valence-electron chi connectivity index (χ1n) is 7.12. The first-order chi connectivity index (χ1) is 10.7. The van der Waals surface area contributed by atoms with E-state index in [4.69, 9.17) is 9.15 Å². The van der Waals surface area contributed by atoms with Crippen LogP contribution < -0.4 is 10.4 Å². The minimum Gasteiger partial charge on any atom is -0.493 e. The Morgan fingerprint density at radius 2 is 1.82 bits per heavy atom. The van der Waals surface area contributed by atoms with Crippen molar-refractivity contribution >= 4 is 11.0 Å². The lowest BCUT2D eigenvalue weighted by Crippen LogP contribution is -2.05. The molecule has 0 aliphatic carbocycles. The zero-order valence-electron chi connectivity index (χ0n) is 11.9. The molecule has 0 aliphatic rings. The first-order valence-corrected chi connectivity index (χ1v) is 7.12. The van der Waals surface area contributed by atoms with Gasteiger partial charge in [0.1, 0.15) is 11.3 Å². The molecule has 0 bridgehead atoms. The average Bonchev–Trinajstić information content (AvgIpc) is 2.55. The van der Waals surface area contributed by atoms with Crippen LogP contribution in [-0.2, 0) is 0 Å². The predicted molar refractivity (Wildman–Crippen MR) is 84.0 cm³/mol. The van der Waals surface area contributed by atoms with Crippen molar-refractivity contribution in [1.29, 1.82) is 0 Å². The summed E-state index contributed by atoms with van der Waals surface area (Å²) in [5, 5.41) is 10.9. The molecule has 0 radical (unpaired) electrons. The second kappa shape index (κ2) is 6.45. The minimum absolute atomic E-state index is 0.374. The largest absolute Gasteiger partial charge is 0.493 e.